The van der Waals surface area contributed by atoms with E-state index in [1.807, 2.05) is 0 Å². The van der Waals surface area contributed by atoms with Gasteiger partial charge in [-0.15, -0.1) is 36.8 Å². The van der Waals surface area contributed by atoms with Gasteiger partial charge in [0.1, 0.15) is 0 Å². The van der Waals surface area contributed by atoms with E-state index in [1.165, 1.54) is 0 Å². The molecule has 0 aliphatic carbocycles. The molecule has 0 aromatic carbocycles. The summed E-state index contributed by atoms with van der Waals surface area (Å²) in [5.41, 5.74) is 0. The van der Waals surface area contributed by atoms with E-state index < -0.39 is 30.4 Å². The first-order valence-corrected chi connectivity index (χ1v) is 30.1. The third-order valence-electron chi connectivity index (χ3n) is 4.47. The Kier molecular flexibility index (Phi) is 17.3. The van der Waals surface area contributed by atoms with Crippen LogP contribution < -0.4 is 103 Å². The first kappa shape index (κ1) is 32.2. The van der Waals surface area contributed by atoms with Crippen molar-refractivity contribution in [2.75, 3.05) is 0 Å². The minimum atomic E-state index is -0.888. The minimum absolute atomic E-state index is 0. The molecule has 0 saturated heterocycles. The van der Waals surface area contributed by atoms with E-state index in [-0.39, 0.29) is 118 Å². The van der Waals surface area contributed by atoms with E-state index in [9.17, 15) is 0 Å². The Morgan fingerprint density at radius 3 is 0.739 bits per heavy atom. The molecule has 0 fully saturated rings. The summed E-state index contributed by atoms with van der Waals surface area (Å²) in [6, 6.07) is 3.30. The van der Waals surface area contributed by atoms with Gasteiger partial charge in [-0.05, 0) is 0 Å². The van der Waals surface area contributed by atoms with Gasteiger partial charge >= 0.3 is 103 Å². The molecule has 8 heteroatoms. The Balaban J connectivity index is -0.00000200. The molecule has 0 nitrogen and oxygen atoms in total. The van der Waals surface area contributed by atoms with Crippen molar-refractivity contribution in [2.24, 2.45) is 0 Å². The summed E-state index contributed by atoms with van der Waals surface area (Å²) in [6.45, 7) is 31.9. The van der Waals surface area contributed by atoms with Gasteiger partial charge in [0, 0.05) is 0 Å². The van der Waals surface area contributed by atoms with Crippen LogP contribution in [0.1, 0.15) is 6.42 Å². The molecule has 0 rings (SSSR count). The summed E-state index contributed by atoms with van der Waals surface area (Å²) >= 11 is 0. The zero-order valence-corrected chi connectivity index (χ0v) is 31.4. The molecule has 0 aromatic heterocycles. The molecular weight excluding hydrogens is 427 g/mol. The van der Waals surface area contributed by atoms with Gasteiger partial charge in [0.2, 0.25) is 0 Å². The SMILES string of the molecule is C[Si](C)(C)[Si-](CCC[Si-]([Si](C)(C)C)[Si](C)(C)C)[Si](C)(C)C.[K+].[K+]. The number of hydrogen-bond donors (Lipinski definition) is 0. The van der Waals surface area contributed by atoms with Crippen LogP contribution in [-0.4, -0.2) is 46.0 Å². The van der Waals surface area contributed by atoms with Gasteiger partial charge in [-0.3, -0.25) is 15.7 Å². The molecule has 128 valence electrons. The van der Waals surface area contributed by atoms with Gasteiger partial charge in [-0.2, -0.15) is 12.1 Å². The zero-order valence-electron chi connectivity index (χ0n) is 19.1. The van der Waals surface area contributed by atoms with Gasteiger partial charge in [0.05, 0.1) is 0 Å². The van der Waals surface area contributed by atoms with Crippen molar-refractivity contribution in [2.45, 2.75) is 97.1 Å². The normalized spacial score (nSPS) is 13.8. The maximum atomic E-state index is 2.66. The minimum Gasteiger partial charge on any atom is -0.254 e. The van der Waals surface area contributed by atoms with Crippen molar-refractivity contribution in [3.63, 3.8) is 0 Å². The van der Waals surface area contributed by atoms with E-state index in [0.717, 1.165) is 0 Å². The van der Waals surface area contributed by atoms with Crippen LogP contribution in [0.15, 0.2) is 0 Å². The summed E-state index contributed by atoms with van der Waals surface area (Å²) in [5, 5.41) is 0. The van der Waals surface area contributed by atoms with Crippen molar-refractivity contribution in [1.82, 2.24) is 0 Å². The zero-order chi connectivity index (χ0) is 17.3. The Morgan fingerprint density at radius 1 is 0.435 bits per heavy atom. The van der Waals surface area contributed by atoms with Crippen molar-refractivity contribution < 1.29 is 103 Å². The second-order valence-corrected chi connectivity index (χ2v) is 60.0. The Labute approximate surface area is 240 Å². The number of hydrogen-bond acceptors (Lipinski definition) is 0. The van der Waals surface area contributed by atoms with Gasteiger partial charge in [-0.1, -0.05) is 78.6 Å². The third-order valence-corrected chi connectivity index (χ3v) is 65.2. The van der Waals surface area contributed by atoms with Gasteiger partial charge < -0.3 is 0 Å². The van der Waals surface area contributed by atoms with Crippen LogP contribution in [0.3, 0.4) is 0 Å². The van der Waals surface area contributed by atoms with Gasteiger partial charge in [-0.25, -0.2) is 0 Å². The Morgan fingerprint density at radius 2 is 0.609 bits per heavy atom. The fourth-order valence-electron chi connectivity index (χ4n) is 4.19. The van der Waals surface area contributed by atoms with Crippen LogP contribution in [0.4, 0.5) is 0 Å². The quantitative estimate of drug-likeness (QED) is 0.441. The van der Waals surface area contributed by atoms with Crippen LogP contribution in [0, 0.1) is 0 Å². The van der Waals surface area contributed by atoms with Gasteiger partial charge in [0.25, 0.3) is 0 Å². The summed E-state index contributed by atoms with van der Waals surface area (Å²) in [5.74, 6) is 0. The fourth-order valence-corrected chi connectivity index (χ4v) is 78.2. The molecule has 0 radical (unpaired) electrons. The van der Waals surface area contributed by atoms with E-state index in [1.54, 1.807) is 18.5 Å². The molecule has 0 aliphatic rings. The number of rotatable bonds is 8. The molecule has 0 saturated carbocycles. The van der Waals surface area contributed by atoms with Gasteiger partial charge in [0.15, 0.2) is 0 Å². The molecule has 0 bridgehead atoms. The van der Waals surface area contributed by atoms with E-state index in [2.05, 4.69) is 78.6 Å². The molecule has 0 unspecified atom stereocenters. The molecular formula is C15H42K2Si6. The van der Waals surface area contributed by atoms with Crippen LogP contribution in [-0.2, 0) is 0 Å². The first-order valence-electron chi connectivity index (χ1n) is 8.71. The second-order valence-electron chi connectivity index (χ2n) is 10.8. The standard InChI is InChI=1S/C15H42Si6.2K/c1-18(2,3)16(19(4,5)6)14-13-15-17(20(7,8)9)21(10,11)12;;/h13-15H2,1-12H3;;/q-2;2*+1. The van der Waals surface area contributed by atoms with Crippen molar-refractivity contribution in [3.05, 3.63) is 0 Å². The van der Waals surface area contributed by atoms with E-state index in [4.69, 9.17) is 0 Å². The maximum Gasteiger partial charge on any atom is 1.00 e. The molecule has 0 aliphatic heterocycles. The molecule has 0 aromatic rings. The monoisotopic (exact) mass is 468 g/mol. The molecule has 0 amide bonds. The predicted molar refractivity (Wildman–Crippen MR) is 119 cm³/mol. The Hall–Kier alpha value is 4.57. The van der Waals surface area contributed by atoms with Crippen LogP contribution in [0.5, 0.6) is 0 Å². The molecule has 0 heterocycles. The van der Waals surface area contributed by atoms with Crippen molar-refractivity contribution >= 4 is 46.0 Å². The average Bonchev–Trinajstić information content (AvgIpc) is 2.07. The molecule has 0 atom stereocenters. The van der Waals surface area contributed by atoms with E-state index >= 15 is 0 Å². The topological polar surface area (TPSA) is 0 Å². The van der Waals surface area contributed by atoms with Crippen molar-refractivity contribution in [1.29, 1.82) is 0 Å². The summed E-state index contributed by atoms with van der Waals surface area (Å²) in [6.07, 6.45) is 1.59. The van der Waals surface area contributed by atoms with Crippen LogP contribution in [0.25, 0.3) is 0 Å². The molecule has 23 heavy (non-hydrogen) atoms. The largest absolute Gasteiger partial charge is 1.00 e. The molecule has 0 spiro atoms. The Bertz CT molecular complexity index is 263. The average molecular weight is 469 g/mol. The molecule has 0 N–H and O–H groups in total. The van der Waals surface area contributed by atoms with Crippen LogP contribution in [0.2, 0.25) is 90.7 Å². The summed E-state index contributed by atoms with van der Waals surface area (Å²) < 4.78 is 0. The summed E-state index contributed by atoms with van der Waals surface area (Å²) in [7, 11) is -3.63. The maximum absolute atomic E-state index is 2.66. The third kappa shape index (κ3) is 13.4. The fraction of sp³-hybridized carbons (Fsp3) is 1.00. The second kappa shape index (κ2) is 12.3. The van der Waals surface area contributed by atoms with Crippen LogP contribution >= 0.6 is 0 Å². The smallest absolute Gasteiger partial charge is 0.254 e. The predicted octanol–water partition coefficient (Wildman–Crippen LogP) is 0.0405. The summed E-state index contributed by atoms with van der Waals surface area (Å²) in [4.78, 5) is 0. The van der Waals surface area contributed by atoms with Crippen molar-refractivity contribution in [3.8, 4) is 0 Å². The van der Waals surface area contributed by atoms with E-state index in [0.29, 0.717) is 0 Å². The first-order chi connectivity index (χ1) is 8.97.